The zero-order chi connectivity index (χ0) is 13.3. The maximum absolute atomic E-state index is 11.9. The van der Waals surface area contributed by atoms with Crippen LogP contribution in [0.5, 0.6) is 0 Å². The molecule has 0 aromatic carbocycles. The van der Waals surface area contributed by atoms with Gasteiger partial charge in [-0.3, -0.25) is 4.79 Å². The zero-order valence-corrected chi connectivity index (χ0v) is 12.1. The number of hydrogen-bond acceptors (Lipinski definition) is 3. The molecule has 0 amide bonds. The van der Waals surface area contributed by atoms with E-state index in [4.69, 9.17) is 4.74 Å². The first-order valence-corrected chi connectivity index (χ1v) is 6.56. The van der Waals surface area contributed by atoms with Crippen molar-refractivity contribution in [1.29, 1.82) is 0 Å². The molecule has 1 rings (SSSR count). The molecule has 3 heteroatoms. The van der Waals surface area contributed by atoms with Crippen LogP contribution in [-0.2, 0) is 9.53 Å². The van der Waals surface area contributed by atoms with Gasteiger partial charge in [-0.25, -0.2) is 0 Å². The molecular formula is C14H27NO2. The summed E-state index contributed by atoms with van der Waals surface area (Å²) in [4.78, 5) is 11.9. The fourth-order valence-electron chi connectivity index (χ4n) is 2.28. The van der Waals surface area contributed by atoms with Crippen LogP contribution in [0.25, 0.3) is 0 Å². The van der Waals surface area contributed by atoms with E-state index in [0.29, 0.717) is 11.5 Å². The average Bonchev–Trinajstić information content (AvgIpc) is 2.45. The molecule has 17 heavy (non-hydrogen) atoms. The predicted molar refractivity (Wildman–Crippen MR) is 69.9 cm³/mol. The van der Waals surface area contributed by atoms with Crippen molar-refractivity contribution in [2.45, 2.75) is 78.5 Å². The number of hydrogen-bond donors (Lipinski definition) is 1. The highest BCUT2D eigenvalue weighted by Gasteiger charge is 2.33. The third-order valence-corrected chi connectivity index (χ3v) is 2.79. The molecule has 2 unspecified atom stereocenters. The van der Waals surface area contributed by atoms with Crippen molar-refractivity contribution in [1.82, 2.24) is 5.32 Å². The Kier molecular flexibility index (Phi) is 4.23. The van der Waals surface area contributed by atoms with E-state index in [9.17, 15) is 4.79 Å². The van der Waals surface area contributed by atoms with Gasteiger partial charge >= 0.3 is 5.97 Å². The lowest BCUT2D eigenvalue weighted by Gasteiger charge is -2.25. The van der Waals surface area contributed by atoms with Crippen molar-refractivity contribution >= 4 is 5.97 Å². The largest absolute Gasteiger partial charge is 0.459 e. The molecule has 0 saturated carbocycles. The second-order valence-corrected chi connectivity index (χ2v) is 7.29. The average molecular weight is 241 g/mol. The number of nitrogens with one attached hydrogen (secondary N) is 1. The highest BCUT2D eigenvalue weighted by atomic mass is 16.6. The third kappa shape index (κ3) is 5.53. The maximum Gasteiger partial charge on any atom is 0.323 e. The fraction of sp³-hybridized carbons (Fsp3) is 0.929. The van der Waals surface area contributed by atoms with Crippen LogP contribution in [0.2, 0.25) is 0 Å². The van der Waals surface area contributed by atoms with E-state index in [0.717, 1.165) is 19.3 Å². The molecule has 1 heterocycles. The summed E-state index contributed by atoms with van der Waals surface area (Å²) in [6.07, 6.45) is 3.07. The van der Waals surface area contributed by atoms with Crippen LogP contribution < -0.4 is 5.32 Å². The van der Waals surface area contributed by atoms with E-state index in [1.54, 1.807) is 0 Å². The molecule has 0 radical (unpaired) electrons. The molecule has 1 aliphatic heterocycles. The summed E-state index contributed by atoms with van der Waals surface area (Å²) in [5.41, 5.74) is -0.0820. The molecule has 1 fully saturated rings. The Morgan fingerprint density at radius 3 is 2.24 bits per heavy atom. The standard InChI is InChI=1S/C14H27NO2/c1-13(2,3)9-10-7-8-11(15-10)12(16)17-14(4,5)6/h10-11,15H,7-9H2,1-6H3. The lowest BCUT2D eigenvalue weighted by atomic mass is 9.88. The first-order chi connectivity index (χ1) is 7.57. The fourth-order valence-corrected chi connectivity index (χ4v) is 2.28. The number of esters is 1. The lowest BCUT2D eigenvalue weighted by Crippen LogP contribution is -2.40. The summed E-state index contributed by atoms with van der Waals surface area (Å²) in [6, 6.07) is 0.342. The van der Waals surface area contributed by atoms with Crippen LogP contribution in [0.4, 0.5) is 0 Å². The molecule has 100 valence electrons. The summed E-state index contributed by atoms with van der Waals surface area (Å²) in [5.74, 6) is -0.103. The summed E-state index contributed by atoms with van der Waals surface area (Å²) in [5, 5.41) is 3.40. The topological polar surface area (TPSA) is 38.3 Å². The molecule has 0 aromatic heterocycles. The number of rotatable bonds is 2. The van der Waals surface area contributed by atoms with E-state index in [1.165, 1.54) is 0 Å². The molecule has 0 aliphatic carbocycles. The van der Waals surface area contributed by atoms with E-state index >= 15 is 0 Å². The molecule has 0 spiro atoms. The van der Waals surface area contributed by atoms with Gasteiger partial charge in [-0.2, -0.15) is 0 Å². The molecule has 1 N–H and O–H groups in total. The van der Waals surface area contributed by atoms with Crippen LogP contribution in [0.15, 0.2) is 0 Å². The summed E-state index contributed by atoms with van der Waals surface area (Å²) in [6.45, 7) is 12.4. The third-order valence-electron chi connectivity index (χ3n) is 2.79. The quantitative estimate of drug-likeness (QED) is 0.755. The van der Waals surface area contributed by atoms with Gasteiger partial charge in [0, 0.05) is 6.04 Å². The normalized spacial score (nSPS) is 26.0. The number of carbonyl (C=O) groups is 1. The Morgan fingerprint density at radius 1 is 1.18 bits per heavy atom. The lowest BCUT2D eigenvalue weighted by molar-refractivity contribution is -0.157. The Labute approximate surface area is 105 Å². The van der Waals surface area contributed by atoms with Gasteiger partial charge in [-0.05, 0) is 45.4 Å². The monoisotopic (exact) mass is 241 g/mol. The molecule has 0 aromatic rings. The van der Waals surface area contributed by atoms with Gasteiger partial charge in [-0.15, -0.1) is 0 Å². The molecule has 1 saturated heterocycles. The van der Waals surface area contributed by atoms with Crippen molar-refractivity contribution in [2.75, 3.05) is 0 Å². The highest BCUT2D eigenvalue weighted by molar-refractivity contribution is 5.76. The first kappa shape index (κ1) is 14.5. The minimum Gasteiger partial charge on any atom is -0.459 e. The minimum atomic E-state index is -0.388. The van der Waals surface area contributed by atoms with E-state index in [2.05, 4.69) is 26.1 Å². The van der Waals surface area contributed by atoms with Crippen molar-refractivity contribution in [3.8, 4) is 0 Å². The molecule has 3 nitrogen and oxygen atoms in total. The SMILES string of the molecule is CC(C)(C)CC1CCC(C(=O)OC(C)(C)C)N1. The first-order valence-electron chi connectivity index (χ1n) is 6.56. The van der Waals surface area contributed by atoms with Crippen LogP contribution in [0.1, 0.15) is 60.8 Å². The van der Waals surface area contributed by atoms with Crippen molar-refractivity contribution in [3.05, 3.63) is 0 Å². The van der Waals surface area contributed by atoms with Crippen LogP contribution in [0.3, 0.4) is 0 Å². The Morgan fingerprint density at radius 2 is 1.76 bits per heavy atom. The maximum atomic E-state index is 11.9. The highest BCUT2D eigenvalue weighted by Crippen LogP contribution is 2.27. The predicted octanol–water partition coefficient (Wildman–Crippen LogP) is 2.88. The summed E-state index contributed by atoms with van der Waals surface area (Å²) < 4.78 is 5.40. The van der Waals surface area contributed by atoms with Crippen LogP contribution >= 0.6 is 0 Å². The molecule has 1 aliphatic rings. The minimum absolute atomic E-state index is 0.103. The smallest absolute Gasteiger partial charge is 0.323 e. The number of carbonyl (C=O) groups excluding carboxylic acids is 1. The van der Waals surface area contributed by atoms with E-state index < -0.39 is 0 Å². The number of ether oxygens (including phenoxy) is 1. The van der Waals surface area contributed by atoms with Gasteiger partial charge in [0.2, 0.25) is 0 Å². The van der Waals surface area contributed by atoms with Crippen molar-refractivity contribution in [3.63, 3.8) is 0 Å². The molecular weight excluding hydrogens is 214 g/mol. The van der Waals surface area contributed by atoms with Gasteiger partial charge in [0.25, 0.3) is 0 Å². The van der Waals surface area contributed by atoms with E-state index in [1.807, 2.05) is 20.8 Å². The van der Waals surface area contributed by atoms with Gasteiger partial charge in [-0.1, -0.05) is 20.8 Å². The molecule has 2 atom stereocenters. The van der Waals surface area contributed by atoms with Crippen molar-refractivity contribution in [2.24, 2.45) is 5.41 Å². The Balaban J connectivity index is 2.43. The zero-order valence-electron chi connectivity index (χ0n) is 12.1. The second kappa shape index (κ2) is 4.97. The van der Waals surface area contributed by atoms with Crippen LogP contribution in [0, 0.1) is 5.41 Å². The summed E-state index contributed by atoms with van der Waals surface area (Å²) >= 11 is 0. The van der Waals surface area contributed by atoms with Crippen LogP contribution in [-0.4, -0.2) is 23.7 Å². The Bertz CT molecular complexity index is 273. The molecule has 0 bridgehead atoms. The second-order valence-electron chi connectivity index (χ2n) is 7.29. The van der Waals surface area contributed by atoms with Crippen molar-refractivity contribution < 1.29 is 9.53 Å². The van der Waals surface area contributed by atoms with Gasteiger partial charge in [0.15, 0.2) is 0 Å². The van der Waals surface area contributed by atoms with E-state index in [-0.39, 0.29) is 17.6 Å². The van der Waals surface area contributed by atoms with Gasteiger partial charge < -0.3 is 10.1 Å². The van der Waals surface area contributed by atoms with Gasteiger partial charge in [0.1, 0.15) is 11.6 Å². The summed E-state index contributed by atoms with van der Waals surface area (Å²) in [7, 11) is 0. The Hall–Kier alpha value is -0.570. The van der Waals surface area contributed by atoms with Gasteiger partial charge in [0.05, 0.1) is 0 Å².